The summed E-state index contributed by atoms with van der Waals surface area (Å²) in [5.41, 5.74) is 5.11. The monoisotopic (exact) mass is 467 g/mol. The number of hydrogen-bond donors (Lipinski definition) is 1. The highest BCUT2D eigenvalue weighted by Crippen LogP contribution is 2.28. The molecular formula is C25H21N7OS. The molecule has 5 aromatic rings. The van der Waals surface area contributed by atoms with Crippen LogP contribution in [0.2, 0.25) is 0 Å². The normalized spacial score (nSPS) is 11.2. The van der Waals surface area contributed by atoms with Gasteiger partial charge in [0.05, 0.1) is 16.3 Å². The Kier molecular flexibility index (Phi) is 5.84. The van der Waals surface area contributed by atoms with Crippen LogP contribution in [0.15, 0.2) is 78.3 Å². The first kappa shape index (κ1) is 21.5. The molecule has 1 N–H and O–H groups in total. The molecule has 3 aromatic heterocycles. The number of aromatic nitrogens is 6. The Bertz CT molecular complexity index is 1470. The Labute approximate surface area is 200 Å². The van der Waals surface area contributed by atoms with Gasteiger partial charge in [-0.25, -0.2) is 4.68 Å². The highest BCUT2D eigenvalue weighted by molar-refractivity contribution is 7.13. The molecule has 0 spiro atoms. The zero-order valence-electron chi connectivity index (χ0n) is 18.6. The van der Waals surface area contributed by atoms with Gasteiger partial charge in [0, 0.05) is 23.5 Å². The number of aryl methyl sites for hydroxylation is 2. The minimum absolute atomic E-state index is 0.243. The molecule has 5 rings (SSSR count). The molecule has 0 saturated carbocycles. The maximum Gasteiger partial charge on any atom is 0.248 e. The molecule has 0 atom stereocenters. The second-order valence-electron chi connectivity index (χ2n) is 7.65. The summed E-state index contributed by atoms with van der Waals surface area (Å²) in [7, 11) is 0. The van der Waals surface area contributed by atoms with Gasteiger partial charge in [0.25, 0.3) is 0 Å². The van der Waals surface area contributed by atoms with Gasteiger partial charge in [-0.05, 0) is 71.6 Å². The Balaban J connectivity index is 1.40. The van der Waals surface area contributed by atoms with Crippen LogP contribution in [0, 0.1) is 13.8 Å². The van der Waals surface area contributed by atoms with Crippen molar-refractivity contribution in [3.8, 4) is 21.9 Å². The maximum atomic E-state index is 12.7. The summed E-state index contributed by atoms with van der Waals surface area (Å²) in [5.74, 6) is 0.427. The Hall–Kier alpha value is -4.37. The van der Waals surface area contributed by atoms with Gasteiger partial charge in [-0.2, -0.15) is 9.78 Å². The number of nitrogens with zero attached hydrogens (tertiary/aromatic N) is 6. The van der Waals surface area contributed by atoms with Gasteiger partial charge in [0.2, 0.25) is 5.91 Å². The van der Waals surface area contributed by atoms with Crippen molar-refractivity contribution >= 4 is 29.0 Å². The first-order valence-electron chi connectivity index (χ1n) is 10.6. The summed E-state index contributed by atoms with van der Waals surface area (Å²) in [5, 5.41) is 21.4. The number of hydrogen-bond acceptors (Lipinski definition) is 6. The molecule has 1 amide bonds. The summed E-state index contributed by atoms with van der Waals surface area (Å²) >= 11 is 1.61. The molecule has 3 heterocycles. The fraction of sp³-hybridized carbons (Fsp3) is 0.0800. The van der Waals surface area contributed by atoms with Crippen molar-refractivity contribution in [3.63, 3.8) is 0 Å². The van der Waals surface area contributed by atoms with Gasteiger partial charge in [0.15, 0.2) is 5.82 Å². The molecule has 0 aliphatic carbocycles. The first-order chi connectivity index (χ1) is 16.6. The molecule has 0 radical (unpaired) electrons. The van der Waals surface area contributed by atoms with E-state index in [0.29, 0.717) is 11.5 Å². The van der Waals surface area contributed by atoms with E-state index in [0.717, 1.165) is 33.1 Å². The quantitative estimate of drug-likeness (QED) is 0.361. The van der Waals surface area contributed by atoms with Crippen LogP contribution in [0.1, 0.15) is 17.0 Å². The number of carbonyl (C=O) groups excluding carboxylic acids is 1. The predicted molar refractivity (Wildman–Crippen MR) is 133 cm³/mol. The number of anilines is 1. The van der Waals surface area contributed by atoms with Crippen molar-refractivity contribution in [2.24, 2.45) is 0 Å². The highest BCUT2D eigenvalue weighted by atomic mass is 32.1. The number of rotatable bonds is 6. The van der Waals surface area contributed by atoms with Gasteiger partial charge in [-0.3, -0.25) is 4.79 Å². The zero-order chi connectivity index (χ0) is 23.5. The summed E-state index contributed by atoms with van der Waals surface area (Å²) < 4.78 is 3.47. The number of nitrogens with one attached hydrogen (secondary N) is 1. The largest absolute Gasteiger partial charge is 0.322 e. The fourth-order valence-corrected chi connectivity index (χ4v) is 4.28. The molecule has 34 heavy (non-hydrogen) atoms. The van der Waals surface area contributed by atoms with E-state index in [1.54, 1.807) is 22.1 Å². The molecule has 0 bridgehead atoms. The van der Waals surface area contributed by atoms with Crippen LogP contribution in [0.25, 0.3) is 28.0 Å². The number of thiophene rings is 1. The molecule has 9 heteroatoms. The van der Waals surface area contributed by atoms with Crippen molar-refractivity contribution < 1.29 is 4.79 Å². The molecule has 0 saturated heterocycles. The lowest BCUT2D eigenvalue weighted by molar-refractivity contribution is -0.111. The van der Waals surface area contributed by atoms with Crippen molar-refractivity contribution in [2.45, 2.75) is 13.8 Å². The van der Waals surface area contributed by atoms with E-state index in [9.17, 15) is 4.79 Å². The summed E-state index contributed by atoms with van der Waals surface area (Å²) in [6.45, 7) is 3.80. The van der Waals surface area contributed by atoms with E-state index in [1.165, 1.54) is 6.08 Å². The Morgan fingerprint density at radius 2 is 1.91 bits per heavy atom. The first-order valence-corrected chi connectivity index (χ1v) is 11.5. The molecule has 168 valence electrons. The number of para-hydroxylation sites is 1. The average Bonchev–Trinajstić information content (AvgIpc) is 3.60. The van der Waals surface area contributed by atoms with Crippen LogP contribution in [0.5, 0.6) is 0 Å². The second kappa shape index (κ2) is 9.24. The number of amides is 1. The third-order valence-corrected chi connectivity index (χ3v) is 6.14. The van der Waals surface area contributed by atoms with Crippen LogP contribution in [0.4, 0.5) is 5.69 Å². The SMILES string of the molecule is Cc1ccc(NC(=O)C=Cc2cn(-c3ccccc3)nc2-c2cccs2)cc1-n1nnnc1C. The van der Waals surface area contributed by atoms with Crippen molar-refractivity contribution in [3.05, 3.63) is 95.3 Å². The zero-order valence-corrected chi connectivity index (χ0v) is 19.4. The molecule has 0 aliphatic rings. The maximum absolute atomic E-state index is 12.7. The van der Waals surface area contributed by atoms with E-state index in [-0.39, 0.29) is 5.91 Å². The summed E-state index contributed by atoms with van der Waals surface area (Å²) in [6.07, 6.45) is 5.24. The van der Waals surface area contributed by atoms with Crippen LogP contribution in [0.3, 0.4) is 0 Å². The smallest absolute Gasteiger partial charge is 0.248 e. The van der Waals surface area contributed by atoms with Crippen molar-refractivity contribution in [2.75, 3.05) is 5.32 Å². The van der Waals surface area contributed by atoms with E-state index < -0.39 is 0 Å². The molecule has 0 aliphatic heterocycles. The third kappa shape index (κ3) is 4.41. The minimum Gasteiger partial charge on any atom is -0.322 e. The highest BCUT2D eigenvalue weighted by Gasteiger charge is 2.12. The van der Waals surface area contributed by atoms with Gasteiger partial charge in [-0.15, -0.1) is 16.4 Å². The fourth-order valence-electron chi connectivity index (χ4n) is 3.55. The van der Waals surface area contributed by atoms with Gasteiger partial charge in [0.1, 0.15) is 5.69 Å². The van der Waals surface area contributed by atoms with Crippen LogP contribution < -0.4 is 5.32 Å². The molecule has 2 aromatic carbocycles. The predicted octanol–water partition coefficient (Wildman–Crippen LogP) is 4.85. The van der Waals surface area contributed by atoms with E-state index in [4.69, 9.17) is 5.10 Å². The van der Waals surface area contributed by atoms with Gasteiger partial charge >= 0.3 is 0 Å². The van der Waals surface area contributed by atoms with Crippen LogP contribution >= 0.6 is 11.3 Å². The topological polar surface area (TPSA) is 90.5 Å². The molecule has 8 nitrogen and oxygen atoms in total. The Morgan fingerprint density at radius 3 is 2.65 bits per heavy atom. The lowest BCUT2D eigenvalue weighted by Gasteiger charge is -2.09. The lowest BCUT2D eigenvalue weighted by Crippen LogP contribution is -2.09. The van der Waals surface area contributed by atoms with E-state index in [2.05, 4.69) is 20.8 Å². The van der Waals surface area contributed by atoms with Gasteiger partial charge < -0.3 is 5.32 Å². The number of carbonyl (C=O) groups is 1. The number of benzene rings is 2. The van der Waals surface area contributed by atoms with Gasteiger partial charge in [-0.1, -0.05) is 30.3 Å². The van der Waals surface area contributed by atoms with E-state index in [1.807, 2.05) is 90.8 Å². The third-order valence-electron chi connectivity index (χ3n) is 5.26. The summed E-state index contributed by atoms with van der Waals surface area (Å²) in [4.78, 5) is 13.8. The second-order valence-corrected chi connectivity index (χ2v) is 8.60. The lowest BCUT2D eigenvalue weighted by atomic mass is 10.1. The van der Waals surface area contributed by atoms with Crippen molar-refractivity contribution in [1.82, 2.24) is 30.0 Å². The van der Waals surface area contributed by atoms with Crippen LogP contribution in [-0.2, 0) is 4.79 Å². The molecule has 0 unspecified atom stereocenters. The van der Waals surface area contributed by atoms with Crippen LogP contribution in [-0.4, -0.2) is 35.9 Å². The number of tetrazole rings is 1. The minimum atomic E-state index is -0.243. The van der Waals surface area contributed by atoms with Crippen molar-refractivity contribution in [1.29, 1.82) is 0 Å². The summed E-state index contributed by atoms with van der Waals surface area (Å²) in [6, 6.07) is 19.5. The molecular weight excluding hydrogens is 446 g/mol. The average molecular weight is 468 g/mol. The molecule has 0 fully saturated rings. The standard InChI is InChI=1S/C25H21N7OS/c1-17-10-12-20(15-22(17)32-18(2)27-29-30-32)26-24(33)13-11-19-16-31(21-7-4-3-5-8-21)28-25(19)23-9-6-14-34-23/h3-16H,1-2H3,(H,26,33). The van der Waals surface area contributed by atoms with E-state index >= 15 is 0 Å². The Morgan fingerprint density at radius 1 is 1.06 bits per heavy atom.